The van der Waals surface area contributed by atoms with Gasteiger partial charge in [-0.25, -0.2) is 0 Å². The third kappa shape index (κ3) is 29.7. The van der Waals surface area contributed by atoms with Gasteiger partial charge in [0, 0.05) is 25.7 Å². The van der Waals surface area contributed by atoms with E-state index in [1.165, 1.54) is 69.2 Å². The first-order chi connectivity index (χ1) is 26.8. The highest BCUT2D eigenvalue weighted by molar-refractivity contribution is 5.17. The van der Waals surface area contributed by atoms with E-state index in [-0.39, 0.29) is 37.1 Å². The molecule has 2 atom stereocenters. The SMILES string of the molecule is C.C.C.C.C.CC(C)C(C)(C)C.CC(C)C1CCC2(CC1)CC2.CC(C)N1CC2CCCC2C1.CC(C)OCC1CC1.CC(C)OCc1ccccc1.CC(C)c1ccccc1. The molecule has 1 spiro atoms. The van der Waals surface area contributed by atoms with Gasteiger partial charge in [-0.15, -0.1) is 0 Å². The summed E-state index contributed by atoms with van der Waals surface area (Å²) in [5, 5.41) is 0. The molecule has 1 saturated heterocycles. The lowest BCUT2D eigenvalue weighted by atomic mass is 9.75. The van der Waals surface area contributed by atoms with E-state index in [4.69, 9.17) is 9.47 Å². The Hall–Kier alpha value is -1.68. The smallest absolute Gasteiger partial charge is 0.0720 e. The van der Waals surface area contributed by atoms with Crippen LogP contribution in [-0.4, -0.2) is 42.8 Å². The number of hydrogen-bond acceptors (Lipinski definition) is 3. The van der Waals surface area contributed by atoms with Crippen LogP contribution in [0.4, 0.5) is 0 Å². The fourth-order valence-corrected chi connectivity index (χ4v) is 7.58. The molecule has 5 fully saturated rings. The van der Waals surface area contributed by atoms with Crippen LogP contribution in [0.2, 0.25) is 0 Å². The van der Waals surface area contributed by atoms with Gasteiger partial charge in [0.05, 0.1) is 18.8 Å². The first-order valence-electron chi connectivity index (χ1n) is 23.9. The maximum atomic E-state index is 5.43. The molecule has 0 aromatic heterocycles. The van der Waals surface area contributed by atoms with Crippen LogP contribution in [-0.2, 0) is 16.1 Å². The Morgan fingerprint density at radius 1 is 0.581 bits per heavy atom. The van der Waals surface area contributed by atoms with Gasteiger partial charge in [0.15, 0.2) is 0 Å². The van der Waals surface area contributed by atoms with Crippen molar-refractivity contribution < 1.29 is 9.47 Å². The Morgan fingerprint density at radius 2 is 1.02 bits per heavy atom. The summed E-state index contributed by atoms with van der Waals surface area (Å²) in [6.45, 7) is 37.9. The average molecular weight is 871 g/mol. The average Bonchev–Trinajstić information content (AvgIpc) is 4.06. The molecule has 1 aliphatic heterocycles. The van der Waals surface area contributed by atoms with Gasteiger partial charge in [-0.1, -0.05) is 167 Å². The number of likely N-dealkylation sites (tertiary alicyclic amines) is 1. The monoisotopic (exact) mass is 870 g/mol. The Kier molecular flexibility index (Phi) is 37.4. The van der Waals surface area contributed by atoms with Gasteiger partial charge >= 0.3 is 0 Å². The highest BCUT2D eigenvalue weighted by Crippen LogP contribution is 2.57. The summed E-state index contributed by atoms with van der Waals surface area (Å²) in [5.41, 5.74) is 4.05. The molecule has 368 valence electrons. The van der Waals surface area contributed by atoms with Crippen molar-refractivity contribution in [3.63, 3.8) is 0 Å². The maximum absolute atomic E-state index is 5.43. The number of fused-ring (bicyclic) bond motifs is 1. The van der Waals surface area contributed by atoms with E-state index in [1.54, 1.807) is 25.7 Å². The number of ether oxygens (including phenoxy) is 2. The molecule has 3 heteroatoms. The van der Waals surface area contributed by atoms with Crippen molar-refractivity contribution in [1.29, 1.82) is 0 Å². The molecule has 7 rings (SSSR count). The Balaban J connectivity index is -0.000000323. The lowest BCUT2D eigenvalue weighted by molar-refractivity contribution is 0.0657. The summed E-state index contributed by atoms with van der Waals surface area (Å²) in [7, 11) is 0. The highest BCUT2D eigenvalue weighted by atomic mass is 16.5. The quantitative estimate of drug-likeness (QED) is 0.251. The van der Waals surface area contributed by atoms with Crippen LogP contribution in [0.1, 0.15) is 229 Å². The number of rotatable bonds is 9. The third-order valence-corrected chi connectivity index (χ3v) is 13.5. The molecule has 0 N–H and O–H groups in total. The summed E-state index contributed by atoms with van der Waals surface area (Å²) < 4.78 is 10.8. The molecular weight excluding hydrogens is 755 g/mol. The van der Waals surface area contributed by atoms with Crippen LogP contribution < -0.4 is 0 Å². The van der Waals surface area contributed by atoms with Crippen molar-refractivity contribution in [2.45, 2.75) is 242 Å². The minimum Gasteiger partial charge on any atom is -0.379 e. The van der Waals surface area contributed by atoms with Crippen molar-refractivity contribution in [1.82, 2.24) is 4.90 Å². The van der Waals surface area contributed by atoms with Gasteiger partial charge < -0.3 is 14.4 Å². The fourth-order valence-electron chi connectivity index (χ4n) is 7.58. The minimum atomic E-state index is 0. The molecule has 62 heavy (non-hydrogen) atoms. The van der Waals surface area contributed by atoms with E-state index >= 15 is 0 Å². The first kappa shape index (κ1) is 66.9. The molecule has 0 radical (unpaired) electrons. The van der Waals surface area contributed by atoms with E-state index in [1.807, 2.05) is 38.1 Å². The summed E-state index contributed by atoms with van der Waals surface area (Å²) in [6.07, 6.45) is 17.3. The topological polar surface area (TPSA) is 21.7 Å². The van der Waals surface area contributed by atoms with Gasteiger partial charge in [0.25, 0.3) is 0 Å². The zero-order chi connectivity index (χ0) is 42.6. The summed E-state index contributed by atoms with van der Waals surface area (Å²) in [6, 6.07) is 21.5. The molecule has 4 aliphatic carbocycles. The highest BCUT2D eigenvalue weighted by Gasteiger charge is 2.45. The lowest BCUT2D eigenvalue weighted by Gasteiger charge is -2.30. The molecule has 2 aromatic rings. The van der Waals surface area contributed by atoms with Crippen LogP contribution in [0.25, 0.3) is 0 Å². The number of benzene rings is 2. The molecule has 2 unspecified atom stereocenters. The van der Waals surface area contributed by atoms with Gasteiger partial charge in [-0.2, -0.15) is 0 Å². The molecule has 0 amide bonds. The molecule has 3 nitrogen and oxygen atoms in total. The molecule has 2 aromatic carbocycles. The number of nitrogens with zero attached hydrogens (tertiary/aromatic N) is 1. The predicted octanol–water partition coefficient (Wildman–Crippen LogP) is 18.9. The molecule has 4 saturated carbocycles. The van der Waals surface area contributed by atoms with E-state index in [0.29, 0.717) is 23.5 Å². The van der Waals surface area contributed by atoms with Crippen molar-refractivity contribution in [3.05, 3.63) is 71.8 Å². The zero-order valence-electron chi connectivity index (χ0n) is 40.4. The second kappa shape index (κ2) is 34.6. The van der Waals surface area contributed by atoms with Crippen LogP contribution in [0.3, 0.4) is 0 Å². The second-order valence-corrected chi connectivity index (χ2v) is 21.3. The van der Waals surface area contributed by atoms with Gasteiger partial charge in [-0.3, -0.25) is 0 Å². The van der Waals surface area contributed by atoms with E-state index < -0.39 is 0 Å². The van der Waals surface area contributed by atoms with Crippen molar-refractivity contribution >= 4 is 0 Å². The predicted molar refractivity (Wildman–Crippen MR) is 285 cm³/mol. The van der Waals surface area contributed by atoms with Crippen molar-refractivity contribution in [3.8, 4) is 0 Å². The summed E-state index contributed by atoms with van der Waals surface area (Å²) >= 11 is 0. The first-order valence-corrected chi connectivity index (χ1v) is 23.9. The van der Waals surface area contributed by atoms with Crippen molar-refractivity contribution in [2.75, 3.05) is 19.7 Å². The zero-order valence-corrected chi connectivity index (χ0v) is 40.4. The van der Waals surface area contributed by atoms with Crippen LogP contribution in [0, 0.1) is 46.3 Å². The van der Waals surface area contributed by atoms with Crippen LogP contribution in [0.5, 0.6) is 0 Å². The largest absolute Gasteiger partial charge is 0.379 e. The van der Waals surface area contributed by atoms with Gasteiger partial charge in [0.2, 0.25) is 0 Å². The molecule has 0 bridgehead atoms. The van der Waals surface area contributed by atoms with Crippen molar-refractivity contribution in [2.24, 2.45) is 46.3 Å². The van der Waals surface area contributed by atoms with Gasteiger partial charge in [-0.05, 0) is 169 Å². The molecule has 5 aliphatic rings. The Morgan fingerprint density at radius 3 is 1.34 bits per heavy atom. The lowest BCUT2D eigenvalue weighted by Crippen LogP contribution is -2.28. The van der Waals surface area contributed by atoms with Crippen LogP contribution in [0.15, 0.2) is 60.7 Å². The second-order valence-electron chi connectivity index (χ2n) is 21.3. The molecular formula is C59H115NO2. The summed E-state index contributed by atoms with van der Waals surface area (Å²) in [5.74, 6) is 6.50. The summed E-state index contributed by atoms with van der Waals surface area (Å²) in [4.78, 5) is 2.65. The molecule has 1 heterocycles. The normalized spacial score (nSPS) is 19.4. The van der Waals surface area contributed by atoms with E-state index in [0.717, 1.165) is 60.2 Å². The standard InChI is InChI=1S/C11H20.C10H19N.C10H14O.C9H12.C7H14O.C7H16.5CH4/c1-9(2)10-3-5-11(6-4-10)7-8-11;1-8(2)11-6-9-4-3-5-10(9)7-11;1-9(2)11-8-10-6-4-3-5-7-10;1-8(2)9-6-4-3-5-7-9;1-6(2)8-5-7-3-4-7;1-6(2)7(3,4)5;;;;;/h9-10H,3-8H2,1-2H3;8-10H,3-7H2,1-2H3;3-7,9H,8H2,1-2H3;3-8H,1-2H3;6-7H,3-5H2,1-2H3;6H,1-5H3;5*1H4. The van der Waals surface area contributed by atoms with E-state index in [2.05, 4.69) is 131 Å². The van der Waals surface area contributed by atoms with E-state index in [9.17, 15) is 0 Å². The minimum absolute atomic E-state index is 0. The Labute approximate surface area is 393 Å². The fraction of sp³-hybridized carbons (Fsp3) is 0.797. The Bertz CT molecular complexity index is 1230. The number of hydrogen-bond donors (Lipinski definition) is 0. The third-order valence-electron chi connectivity index (χ3n) is 13.5. The maximum Gasteiger partial charge on any atom is 0.0720 e. The van der Waals surface area contributed by atoms with Crippen LogP contribution >= 0.6 is 0 Å². The van der Waals surface area contributed by atoms with Gasteiger partial charge in [0.1, 0.15) is 0 Å².